The van der Waals surface area contributed by atoms with Crippen molar-refractivity contribution in [1.82, 2.24) is 4.90 Å². The number of nitro groups is 1. The van der Waals surface area contributed by atoms with Gasteiger partial charge in [0.25, 0.3) is 11.6 Å². The molecule has 7 heteroatoms. The smallest absolute Gasteiger partial charge is 0.290 e. The molecule has 7 nitrogen and oxygen atoms in total. The fourth-order valence-electron chi connectivity index (χ4n) is 3.52. The van der Waals surface area contributed by atoms with Crippen LogP contribution in [-0.2, 0) is 9.59 Å². The van der Waals surface area contributed by atoms with E-state index in [2.05, 4.69) is 13.8 Å². The normalized spacial score (nSPS) is 18.1. The first-order valence-electron chi connectivity index (χ1n) is 9.31. The Kier molecular flexibility index (Phi) is 6.71. The Morgan fingerprint density at radius 1 is 1.30 bits per heavy atom. The highest BCUT2D eigenvalue weighted by Gasteiger charge is 2.42. The number of benzene rings is 1. The molecule has 2 atom stereocenters. The van der Waals surface area contributed by atoms with Crippen molar-refractivity contribution >= 4 is 17.4 Å². The van der Waals surface area contributed by atoms with E-state index in [0.717, 1.165) is 25.7 Å². The summed E-state index contributed by atoms with van der Waals surface area (Å²) in [6.07, 6.45) is 3.94. The van der Waals surface area contributed by atoms with Crippen molar-refractivity contribution in [2.24, 2.45) is 5.92 Å². The number of amides is 1. The number of rotatable bonds is 9. The van der Waals surface area contributed by atoms with Crippen LogP contribution in [0.15, 0.2) is 35.6 Å². The molecule has 0 spiro atoms. The largest absolute Gasteiger partial charge is 0.503 e. The Hall–Kier alpha value is -2.70. The maximum atomic E-state index is 12.7. The minimum Gasteiger partial charge on any atom is -0.503 e. The SMILES string of the molecule is CCCC[C@H](CC)CN1C(=O)C(O)=C(C(C)=O)[C@@H]1c1ccc([N+](=O)[O-])cc1. The summed E-state index contributed by atoms with van der Waals surface area (Å²) < 4.78 is 0. The van der Waals surface area contributed by atoms with Crippen LogP contribution in [0, 0.1) is 16.0 Å². The predicted octanol–water partition coefficient (Wildman–Crippen LogP) is 4.10. The standard InChI is InChI=1S/C20H26N2O5/c1-4-6-7-14(5-2)12-21-18(17(13(3)23)19(24)20(21)25)15-8-10-16(11-9-15)22(26)27/h8-11,14,18,24H,4-7,12H2,1-3H3/t14-,18-/m0/s1. The van der Waals surface area contributed by atoms with E-state index < -0.39 is 22.6 Å². The second-order valence-corrected chi connectivity index (χ2v) is 6.94. The third-order valence-electron chi connectivity index (χ3n) is 5.10. The number of unbranched alkanes of at least 4 members (excludes halogenated alkanes) is 1. The van der Waals surface area contributed by atoms with Gasteiger partial charge in [-0.05, 0) is 37.0 Å². The van der Waals surface area contributed by atoms with E-state index in [-0.39, 0.29) is 23.0 Å². The van der Waals surface area contributed by atoms with Gasteiger partial charge in [0.15, 0.2) is 11.5 Å². The second kappa shape index (κ2) is 8.79. The Morgan fingerprint density at radius 3 is 2.41 bits per heavy atom. The Balaban J connectivity index is 2.40. The predicted molar refractivity (Wildman–Crippen MR) is 101 cm³/mol. The van der Waals surface area contributed by atoms with Gasteiger partial charge in [-0.2, -0.15) is 0 Å². The van der Waals surface area contributed by atoms with Gasteiger partial charge in [0.1, 0.15) is 0 Å². The fraction of sp³-hybridized carbons (Fsp3) is 0.500. The molecule has 27 heavy (non-hydrogen) atoms. The molecule has 0 saturated heterocycles. The molecule has 1 aliphatic heterocycles. The lowest BCUT2D eigenvalue weighted by molar-refractivity contribution is -0.384. The van der Waals surface area contributed by atoms with Crippen LogP contribution < -0.4 is 0 Å². The summed E-state index contributed by atoms with van der Waals surface area (Å²) in [5.41, 5.74) is 0.564. The summed E-state index contributed by atoms with van der Waals surface area (Å²) in [5.74, 6) is -1.20. The number of Topliss-reactive ketones (excluding diaryl/α,β-unsaturated/α-hetero) is 1. The van der Waals surface area contributed by atoms with E-state index in [1.54, 1.807) is 0 Å². The lowest BCUT2D eigenvalue weighted by Crippen LogP contribution is -2.35. The van der Waals surface area contributed by atoms with E-state index in [9.17, 15) is 24.8 Å². The fourth-order valence-corrected chi connectivity index (χ4v) is 3.52. The number of hydrogen-bond donors (Lipinski definition) is 1. The molecule has 1 N–H and O–H groups in total. The summed E-state index contributed by atoms with van der Waals surface area (Å²) in [6.45, 7) is 5.91. The summed E-state index contributed by atoms with van der Waals surface area (Å²) in [6, 6.07) is 5.06. The number of aliphatic hydroxyl groups is 1. The Morgan fingerprint density at radius 2 is 1.93 bits per heavy atom. The van der Waals surface area contributed by atoms with Crippen molar-refractivity contribution in [3.63, 3.8) is 0 Å². The van der Waals surface area contributed by atoms with Crippen molar-refractivity contribution in [2.45, 2.75) is 52.5 Å². The molecule has 1 heterocycles. The highest BCUT2D eigenvalue weighted by Crippen LogP contribution is 2.39. The maximum Gasteiger partial charge on any atom is 0.290 e. The minimum atomic E-state index is -0.716. The monoisotopic (exact) mass is 374 g/mol. The molecular weight excluding hydrogens is 348 g/mol. The van der Waals surface area contributed by atoms with E-state index in [1.807, 2.05) is 0 Å². The van der Waals surface area contributed by atoms with Gasteiger partial charge >= 0.3 is 0 Å². The number of nitrogens with zero attached hydrogens (tertiary/aromatic N) is 2. The number of non-ortho nitro benzene ring substituents is 1. The number of nitro benzene ring substituents is 1. The molecular formula is C20H26N2O5. The highest BCUT2D eigenvalue weighted by molar-refractivity contribution is 6.08. The summed E-state index contributed by atoms with van der Waals surface area (Å²) in [4.78, 5) is 36.7. The van der Waals surface area contributed by atoms with Crippen molar-refractivity contribution in [3.05, 3.63) is 51.3 Å². The quantitative estimate of drug-likeness (QED) is 0.518. The number of carbonyl (C=O) groups is 2. The van der Waals surface area contributed by atoms with E-state index in [0.29, 0.717) is 12.1 Å². The Bertz CT molecular complexity index is 754. The number of carbonyl (C=O) groups excluding carboxylic acids is 2. The first-order chi connectivity index (χ1) is 12.8. The molecule has 0 fully saturated rings. The third-order valence-corrected chi connectivity index (χ3v) is 5.10. The zero-order valence-electron chi connectivity index (χ0n) is 16.0. The second-order valence-electron chi connectivity index (χ2n) is 6.94. The summed E-state index contributed by atoms with van der Waals surface area (Å²) in [7, 11) is 0. The van der Waals surface area contributed by atoms with Gasteiger partial charge < -0.3 is 10.0 Å². The van der Waals surface area contributed by atoms with Gasteiger partial charge in [0, 0.05) is 18.7 Å². The van der Waals surface area contributed by atoms with E-state index in [4.69, 9.17) is 0 Å². The molecule has 1 aliphatic rings. The topological polar surface area (TPSA) is 101 Å². The third kappa shape index (κ3) is 4.35. The molecule has 1 aromatic rings. The number of hydrogen-bond acceptors (Lipinski definition) is 5. The molecule has 0 aromatic heterocycles. The van der Waals surface area contributed by atoms with Crippen LogP contribution in [0.3, 0.4) is 0 Å². The van der Waals surface area contributed by atoms with Crippen molar-refractivity contribution in [1.29, 1.82) is 0 Å². The van der Waals surface area contributed by atoms with Crippen LogP contribution in [0.1, 0.15) is 58.1 Å². The van der Waals surface area contributed by atoms with Crippen molar-refractivity contribution in [3.8, 4) is 0 Å². The molecule has 0 radical (unpaired) electrons. The number of ketones is 1. The molecule has 1 amide bonds. The molecule has 0 saturated carbocycles. The molecule has 0 aliphatic carbocycles. The molecule has 0 bridgehead atoms. The minimum absolute atomic E-state index is 0.0548. The number of aliphatic hydroxyl groups excluding tert-OH is 1. The zero-order valence-corrected chi connectivity index (χ0v) is 16.0. The first kappa shape index (κ1) is 20.6. The van der Waals surface area contributed by atoms with Gasteiger partial charge in [0.05, 0.1) is 16.5 Å². The van der Waals surface area contributed by atoms with Crippen molar-refractivity contribution in [2.75, 3.05) is 6.54 Å². The molecule has 1 aromatic carbocycles. The lowest BCUT2D eigenvalue weighted by atomic mass is 9.94. The highest BCUT2D eigenvalue weighted by atomic mass is 16.6. The van der Waals surface area contributed by atoms with Gasteiger partial charge in [-0.3, -0.25) is 19.7 Å². The van der Waals surface area contributed by atoms with Crippen LogP contribution in [0.5, 0.6) is 0 Å². The summed E-state index contributed by atoms with van der Waals surface area (Å²) >= 11 is 0. The van der Waals surface area contributed by atoms with Gasteiger partial charge in [-0.15, -0.1) is 0 Å². The molecule has 2 rings (SSSR count). The zero-order chi connectivity index (χ0) is 20.1. The van der Waals surface area contributed by atoms with Gasteiger partial charge in [0.2, 0.25) is 0 Å². The van der Waals surface area contributed by atoms with Crippen LogP contribution in [-0.4, -0.2) is 33.2 Å². The van der Waals surface area contributed by atoms with Crippen LogP contribution in [0.25, 0.3) is 0 Å². The van der Waals surface area contributed by atoms with Crippen LogP contribution in [0.4, 0.5) is 5.69 Å². The average Bonchev–Trinajstić information content (AvgIpc) is 2.89. The maximum absolute atomic E-state index is 12.7. The Labute approximate surface area is 158 Å². The molecule has 146 valence electrons. The van der Waals surface area contributed by atoms with Gasteiger partial charge in [-0.1, -0.05) is 33.1 Å². The average molecular weight is 374 g/mol. The van der Waals surface area contributed by atoms with E-state index >= 15 is 0 Å². The van der Waals surface area contributed by atoms with Gasteiger partial charge in [-0.25, -0.2) is 0 Å². The van der Waals surface area contributed by atoms with Crippen molar-refractivity contribution < 1.29 is 19.6 Å². The van der Waals surface area contributed by atoms with Crippen LogP contribution >= 0.6 is 0 Å². The lowest BCUT2D eigenvalue weighted by Gasteiger charge is -2.30. The van der Waals surface area contributed by atoms with E-state index in [1.165, 1.54) is 36.1 Å². The first-order valence-corrected chi connectivity index (χ1v) is 9.31. The van der Waals surface area contributed by atoms with Crippen LogP contribution in [0.2, 0.25) is 0 Å². The molecule has 0 unspecified atom stereocenters. The summed E-state index contributed by atoms with van der Waals surface area (Å²) in [5, 5.41) is 21.2.